The number of nitrogens with zero attached hydrogens (tertiary/aromatic N) is 4. The summed E-state index contributed by atoms with van der Waals surface area (Å²) in [5, 5.41) is 13.4. The molecule has 23 heavy (non-hydrogen) atoms. The Bertz CT molecular complexity index is 689. The Hall–Kier alpha value is -1.40. The van der Waals surface area contributed by atoms with Crippen molar-refractivity contribution in [1.29, 1.82) is 0 Å². The van der Waals surface area contributed by atoms with Crippen LogP contribution in [0.1, 0.15) is 57.4 Å². The summed E-state index contributed by atoms with van der Waals surface area (Å²) < 4.78 is 2.16. The highest BCUT2D eigenvalue weighted by Gasteiger charge is 2.24. The first-order chi connectivity index (χ1) is 11.2. The zero-order valence-corrected chi connectivity index (χ0v) is 13.8. The maximum atomic E-state index is 9.64. The van der Waals surface area contributed by atoms with E-state index in [0.29, 0.717) is 12.1 Å². The van der Waals surface area contributed by atoms with Crippen molar-refractivity contribution in [3.8, 4) is 0 Å². The molecule has 0 atom stereocenters. The van der Waals surface area contributed by atoms with Crippen LogP contribution in [0.5, 0.6) is 0 Å². The second-order valence-electron chi connectivity index (χ2n) is 6.75. The minimum absolute atomic E-state index is 0.163. The molecule has 2 aromatic rings. The molecule has 0 saturated heterocycles. The highest BCUT2D eigenvalue weighted by molar-refractivity contribution is 6.28. The van der Waals surface area contributed by atoms with Crippen molar-refractivity contribution in [2.75, 3.05) is 5.32 Å². The van der Waals surface area contributed by atoms with Gasteiger partial charge in [-0.25, -0.2) is 4.98 Å². The average molecular weight is 336 g/mol. The molecule has 0 amide bonds. The molecule has 0 bridgehead atoms. The van der Waals surface area contributed by atoms with Crippen molar-refractivity contribution < 1.29 is 5.11 Å². The van der Waals surface area contributed by atoms with Crippen molar-refractivity contribution in [2.45, 2.75) is 69.6 Å². The molecule has 0 radical (unpaired) electrons. The van der Waals surface area contributed by atoms with E-state index in [1.807, 2.05) is 6.33 Å². The van der Waals surface area contributed by atoms with Crippen LogP contribution in [0, 0.1) is 0 Å². The summed E-state index contributed by atoms with van der Waals surface area (Å²) in [4.78, 5) is 13.3. The number of anilines is 1. The van der Waals surface area contributed by atoms with E-state index >= 15 is 0 Å². The number of fused-ring (bicyclic) bond motifs is 1. The van der Waals surface area contributed by atoms with Crippen LogP contribution in [0.4, 0.5) is 5.82 Å². The molecule has 2 saturated carbocycles. The number of hydrogen-bond acceptors (Lipinski definition) is 5. The molecule has 2 heterocycles. The summed E-state index contributed by atoms with van der Waals surface area (Å²) in [6.45, 7) is 0. The number of aliphatic hydroxyl groups is 1. The lowest BCUT2D eigenvalue weighted by molar-refractivity contribution is 0.126. The van der Waals surface area contributed by atoms with Crippen LogP contribution in [-0.2, 0) is 0 Å². The summed E-state index contributed by atoms with van der Waals surface area (Å²) in [6.07, 6.45) is 10.1. The molecule has 0 aliphatic heterocycles. The van der Waals surface area contributed by atoms with Crippen LogP contribution < -0.4 is 5.32 Å². The van der Waals surface area contributed by atoms with Gasteiger partial charge in [-0.3, -0.25) is 0 Å². The molecule has 2 aromatic heterocycles. The molecule has 7 heteroatoms. The minimum Gasteiger partial charge on any atom is -0.393 e. The molecule has 2 fully saturated rings. The van der Waals surface area contributed by atoms with Crippen molar-refractivity contribution in [2.24, 2.45) is 0 Å². The Balaban J connectivity index is 1.64. The van der Waals surface area contributed by atoms with Crippen LogP contribution >= 0.6 is 11.6 Å². The van der Waals surface area contributed by atoms with Crippen molar-refractivity contribution in [3.63, 3.8) is 0 Å². The third kappa shape index (κ3) is 3.02. The molecular formula is C16H22ClN5O. The van der Waals surface area contributed by atoms with Gasteiger partial charge in [-0.15, -0.1) is 0 Å². The largest absolute Gasteiger partial charge is 0.393 e. The van der Waals surface area contributed by atoms with Gasteiger partial charge in [-0.05, 0) is 50.1 Å². The van der Waals surface area contributed by atoms with Gasteiger partial charge in [0.15, 0.2) is 17.0 Å². The Morgan fingerprint density at radius 2 is 1.83 bits per heavy atom. The standard InChI is InChI=1S/C16H22ClN5O/c17-16-20-14(19-10-5-7-12(23)8-6-10)13-15(21-16)22(9-18-13)11-3-1-2-4-11/h9-12,23H,1-8H2,(H,19,20,21). The van der Waals surface area contributed by atoms with E-state index in [-0.39, 0.29) is 11.4 Å². The summed E-state index contributed by atoms with van der Waals surface area (Å²) in [7, 11) is 0. The van der Waals surface area contributed by atoms with E-state index in [4.69, 9.17) is 11.6 Å². The molecule has 124 valence electrons. The zero-order chi connectivity index (χ0) is 15.8. The molecule has 4 rings (SSSR count). The number of rotatable bonds is 3. The molecule has 0 unspecified atom stereocenters. The van der Waals surface area contributed by atoms with Gasteiger partial charge in [0.1, 0.15) is 0 Å². The van der Waals surface area contributed by atoms with E-state index in [2.05, 4.69) is 24.8 Å². The van der Waals surface area contributed by atoms with Crippen LogP contribution in [0.3, 0.4) is 0 Å². The topological polar surface area (TPSA) is 75.9 Å². The second-order valence-corrected chi connectivity index (χ2v) is 7.09. The Morgan fingerprint density at radius 1 is 1.09 bits per heavy atom. The monoisotopic (exact) mass is 335 g/mol. The zero-order valence-electron chi connectivity index (χ0n) is 13.1. The second kappa shape index (κ2) is 6.24. The SMILES string of the molecule is OC1CCC(Nc2nc(Cl)nc3c2ncn3C2CCCC2)CC1. The fraction of sp³-hybridized carbons (Fsp3) is 0.688. The molecule has 2 aliphatic rings. The highest BCUT2D eigenvalue weighted by Crippen LogP contribution is 2.33. The Kier molecular flexibility index (Phi) is 4.11. The van der Waals surface area contributed by atoms with Crippen LogP contribution in [0.15, 0.2) is 6.33 Å². The number of aliphatic hydroxyl groups excluding tert-OH is 1. The van der Waals surface area contributed by atoms with Gasteiger partial charge >= 0.3 is 0 Å². The predicted octanol–water partition coefficient (Wildman–Crippen LogP) is 3.31. The van der Waals surface area contributed by atoms with E-state index < -0.39 is 0 Å². The highest BCUT2D eigenvalue weighted by atomic mass is 35.5. The Morgan fingerprint density at radius 3 is 2.57 bits per heavy atom. The summed E-state index contributed by atoms with van der Waals surface area (Å²) in [6, 6.07) is 0.785. The lowest BCUT2D eigenvalue weighted by Crippen LogP contribution is -2.28. The fourth-order valence-electron chi connectivity index (χ4n) is 3.85. The average Bonchev–Trinajstić information content (AvgIpc) is 3.18. The number of imidazole rings is 1. The van der Waals surface area contributed by atoms with Crippen LogP contribution in [0.2, 0.25) is 5.28 Å². The normalized spacial score (nSPS) is 26.0. The van der Waals surface area contributed by atoms with Gasteiger partial charge in [-0.2, -0.15) is 9.97 Å². The van der Waals surface area contributed by atoms with Gasteiger partial charge in [-0.1, -0.05) is 12.8 Å². The quantitative estimate of drug-likeness (QED) is 0.841. The lowest BCUT2D eigenvalue weighted by Gasteiger charge is -2.26. The maximum absolute atomic E-state index is 9.64. The summed E-state index contributed by atoms with van der Waals surface area (Å²) in [5.74, 6) is 0.720. The van der Waals surface area contributed by atoms with E-state index in [9.17, 15) is 5.11 Å². The first-order valence-electron chi connectivity index (χ1n) is 8.55. The number of nitrogens with one attached hydrogen (secondary N) is 1. The van der Waals surface area contributed by atoms with E-state index in [1.54, 1.807) is 0 Å². The predicted molar refractivity (Wildman–Crippen MR) is 89.7 cm³/mol. The first-order valence-corrected chi connectivity index (χ1v) is 8.93. The number of halogens is 1. The number of hydrogen-bond donors (Lipinski definition) is 2. The summed E-state index contributed by atoms with van der Waals surface area (Å²) in [5.41, 5.74) is 1.63. The smallest absolute Gasteiger partial charge is 0.226 e. The first kappa shape index (κ1) is 15.1. The molecule has 2 N–H and O–H groups in total. The van der Waals surface area contributed by atoms with Crippen molar-refractivity contribution in [1.82, 2.24) is 19.5 Å². The molecule has 0 aromatic carbocycles. The minimum atomic E-state index is -0.163. The maximum Gasteiger partial charge on any atom is 0.226 e. The van der Waals surface area contributed by atoms with E-state index in [0.717, 1.165) is 42.7 Å². The van der Waals surface area contributed by atoms with Crippen LogP contribution in [0.25, 0.3) is 11.2 Å². The van der Waals surface area contributed by atoms with Crippen molar-refractivity contribution >= 4 is 28.6 Å². The van der Waals surface area contributed by atoms with Gasteiger partial charge < -0.3 is 15.0 Å². The fourth-order valence-corrected chi connectivity index (χ4v) is 4.02. The molecule has 2 aliphatic carbocycles. The van der Waals surface area contributed by atoms with Crippen LogP contribution in [-0.4, -0.2) is 36.8 Å². The van der Waals surface area contributed by atoms with Crippen molar-refractivity contribution in [3.05, 3.63) is 11.6 Å². The third-order valence-electron chi connectivity index (χ3n) is 5.15. The molecular weight excluding hydrogens is 314 g/mol. The summed E-state index contributed by atoms with van der Waals surface area (Å²) >= 11 is 6.16. The molecule has 6 nitrogen and oxygen atoms in total. The lowest BCUT2D eigenvalue weighted by atomic mass is 9.93. The van der Waals surface area contributed by atoms with E-state index in [1.165, 1.54) is 25.7 Å². The van der Waals surface area contributed by atoms with Gasteiger partial charge in [0.05, 0.1) is 12.4 Å². The van der Waals surface area contributed by atoms with Gasteiger partial charge in [0.2, 0.25) is 5.28 Å². The third-order valence-corrected chi connectivity index (χ3v) is 5.32. The van der Waals surface area contributed by atoms with Gasteiger partial charge in [0.25, 0.3) is 0 Å². The van der Waals surface area contributed by atoms with Gasteiger partial charge in [0, 0.05) is 12.1 Å². The molecule has 0 spiro atoms. The number of aromatic nitrogens is 4. The Labute approximate surface area is 140 Å².